The molecule has 0 aliphatic rings. The summed E-state index contributed by atoms with van der Waals surface area (Å²) in [6.45, 7) is 0. The van der Waals surface area contributed by atoms with Crippen LogP contribution in [0, 0.1) is 0 Å². The Labute approximate surface area is 364 Å². The molecule has 0 unspecified atom stereocenters. The quantitative estimate of drug-likeness (QED) is 0.163. The van der Waals surface area contributed by atoms with E-state index in [0.717, 1.165) is 55.0 Å². The van der Waals surface area contributed by atoms with Crippen LogP contribution in [0.4, 0.5) is 0 Å². The summed E-state index contributed by atoms with van der Waals surface area (Å²) >= 11 is 0. The summed E-state index contributed by atoms with van der Waals surface area (Å²) < 4.78 is 14.0. The molecule has 0 saturated heterocycles. The molecule has 2 heteroatoms. The first kappa shape index (κ1) is 33.2. The molecule has 0 aliphatic carbocycles. The van der Waals surface area contributed by atoms with Gasteiger partial charge in [0.15, 0.2) is 0 Å². The summed E-state index contributed by atoms with van der Waals surface area (Å²) in [4.78, 5) is 0. The summed E-state index contributed by atoms with van der Waals surface area (Å²) in [5, 5.41) is 27.1. The van der Waals surface area contributed by atoms with E-state index in [9.17, 15) is 0 Å². The van der Waals surface area contributed by atoms with E-state index in [1.54, 1.807) is 0 Å². The lowest BCUT2D eigenvalue weighted by molar-refractivity contribution is 0.669. The van der Waals surface area contributed by atoms with Gasteiger partial charge in [0, 0.05) is 43.8 Å². The summed E-state index contributed by atoms with van der Waals surface area (Å²) in [6, 6.07) is 71.7. The monoisotopic (exact) mass is 808 g/mol. The third-order valence-electron chi connectivity index (χ3n) is 14.7. The fourth-order valence-corrected chi connectivity index (χ4v) is 12.2. The Morgan fingerprint density at radius 3 is 1.39 bits per heavy atom. The number of rotatable bonds is 2. The van der Waals surface area contributed by atoms with Crippen LogP contribution in [0.1, 0.15) is 0 Å². The Balaban J connectivity index is 1.25. The highest BCUT2D eigenvalue weighted by Gasteiger charge is 2.30. The maximum absolute atomic E-state index is 7.02. The Hall–Kier alpha value is -8.46. The zero-order valence-corrected chi connectivity index (χ0v) is 34.3. The Morgan fingerprint density at radius 2 is 0.688 bits per heavy atom. The van der Waals surface area contributed by atoms with Crippen LogP contribution in [-0.4, -0.2) is 0 Å². The van der Waals surface area contributed by atoms with Crippen molar-refractivity contribution in [1.82, 2.24) is 0 Å². The second-order valence-corrected chi connectivity index (χ2v) is 17.7. The predicted octanol–water partition coefficient (Wildman–Crippen LogP) is 18.1. The van der Waals surface area contributed by atoms with Gasteiger partial charge in [0.1, 0.15) is 22.3 Å². The maximum atomic E-state index is 7.02. The van der Waals surface area contributed by atoms with E-state index >= 15 is 0 Å². The van der Waals surface area contributed by atoms with Gasteiger partial charge in [0.2, 0.25) is 0 Å². The molecule has 0 amide bonds. The molecule has 0 radical (unpaired) electrons. The molecule has 2 nitrogen and oxygen atoms in total. The van der Waals surface area contributed by atoms with Gasteiger partial charge < -0.3 is 8.83 Å². The Kier molecular flexibility index (Phi) is 6.08. The molecule has 0 aliphatic heterocycles. The zero-order chi connectivity index (χ0) is 41.4. The van der Waals surface area contributed by atoms with Crippen LogP contribution in [0.25, 0.3) is 163 Å². The summed E-state index contributed by atoms with van der Waals surface area (Å²) in [5.74, 6) is 0. The number of hydrogen-bond donors (Lipinski definition) is 0. The molecule has 0 spiro atoms. The minimum Gasteiger partial charge on any atom is -0.455 e. The van der Waals surface area contributed by atoms with E-state index < -0.39 is 0 Å². The SMILES string of the molecule is c1ccc2c(c1)ccc1cc3c4c(-c5cccc6c5oc5ccccc56)c5cc6c7ccccc7c7cccc(c5c(-c5cccc8c5oc5ccccc58)c4c4cccc(c12)c34)c76. The Morgan fingerprint density at radius 1 is 0.219 bits per heavy atom. The average Bonchev–Trinajstić information content (AvgIpc) is 4.10. The number of hydrogen-bond acceptors (Lipinski definition) is 2. The van der Waals surface area contributed by atoms with E-state index in [-0.39, 0.29) is 0 Å². The van der Waals surface area contributed by atoms with Gasteiger partial charge in [-0.25, -0.2) is 0 Å². The lowest BCUT2D eigenvalue weighted by Gasteiger charge is -2.19. The third-order valence-corrected chi connectivity index (χ3v) is 14.7. The van der Waals surface area contributed by atoms with Crippen molar-refractivity contribution in [2.75, 3.05) is 0 Å². The summed E-state index contributed by atoms with van der Waals surface area (Å²) in [6.07, 6.45) is 0. The molecular weight excluding hydrogens is 777 g/mol. The standard InChI is InChI=1S/C62H32O2/c1-2-14-35-33(13-1)29-30-34-31-49-55-43(53(34)35)22-12-24-45(55)58-59(47-26-11-21-42-39-18-6-8-28-52(39)64-62(42)47)56-44-23-9-19-40-36-15-3-4-16-37(36)48(54(40)44)32-50(56)57(60(49)58)46-25-10-20-41-38-17-5-7-27-51(38)63-61(41)46/h1-32H. The predicted molar refractivity (Wildman–Crippen MR) is 272 cm³/mol. The van der Waals surface area contributed by atoms with Crippen LogP contribution in [0.3, 0.4) is 0 Å². The highest BCUT2D eigenvalue weighted by atomic mass is 16.3. The van der Waals surface area contributed by atoms with Crippen molar-refractivity contribution < 1.29 is 8.83 Å². The minimum absolute atomic E-state index is 0.893. The van der Waals surface area contributed by atoms with Crippen LogP contribution < -0.4 is 0 Å². The first-order chi connectivity index (χ1) is 31.8. The summed E-state index contributed by atoms with van der Waals surface area (Å²) in [7, 11) is 0. The van der Waals surface area contributed by atoms with Crippen LogP contribution in [0.5, 0.6) is 0 Å². The average molecular weight is 809 g/mol. The lowest BCUT2D eigenvalue weighted by Crippen LogP contribution is -1.92. The van der Waals surface area contributed by atoms with Crippen LogP contribution in [-0.2, 0) is 0 Å². The number of fused-ring (bicyclic) bond motifs is 18. The van der Waals surface area contributed by atoms with Crippen molar-refractivity contribution in [2.45, 2.75) is 0 Å². The molecule has 2 aromatic heterocycles. The molecule has 0 fully saturated rings. The number of furan rings is 2. The summed E-state index contributed by atoms with van der Waals surface area (Å²) in [5.41, 5.74) is 8.19. The van der Waals surface area contributed by atoms with Crippen molar-refractivity contribution in [3.63, 3.8) is 0 Å². The number of para-hydroxylation sites is 4. The van der Waals surface area contributed by atoms with E-state index in [1.807, 2.05) is 0 Å². The van der Waals surface area contributed by atoms with Gasteiger partial charge in [-0.1, -0.05) is 170 Å². The van der Waals surface area contributed by atoms with Crippen molar-refractivity contribution >= 4 is 141 Å². The lowest BCUT2D eigenvalue weighted by atomic mass is 9.83. The second-order valence-electron chi connectivity index (χ2n) is 17.7. The van der Waals surface area contributed by atoms with Crippen LogP contribution in [0.15, 0.2) is 203 Å². The molecule has 64 heavy (non-hydrogen) atoms. The highest BCUT2D eigenvalue weighted by Crippen LogP contribution is 2.57. The molecule has 0 saturated carbocycles. The molecular formula is C62H32O2. The van der Waals surface area contributed by atoms with Gasteiger partial charge >= 0.3 is 0 Å². The van der Waals surface area contributed by atoms with Crippen molar-refractivity contribution in [3.05, 3.63) is 194 Å². The molecule has 0 N–H and O–H groups in total. The normalized spacial score (nSPS) is 12.7. The van der Waals surface area contributed by atoms with Crippen LogP contribution >= 0.6 is 0 Å². The van der Waals surface area contributed by atoms with E-state index in [1.165, 1.54) is 108 Å². The third kappa shape index (κ3) is 3.99. The van der Waals surface area contributed by atoms with Crippen LogP contribution in [0.2, 0.25) is 0 Å². The smallest absolute Gasteiger partial charge is 0.143 e. The molecule has 14 aromatic carbocycles. The Bertz CT molecular complexity index is 4710. The molecule has 292 valence electrons. The number of benzene rings is 12. The van der Waals surface area contributed by atoms with Gasteiger partial charge in [0.25, 0.3) is 0 Å². The fourth-order valence-electron chi connectivity index (χ4n) is 12.2. The largest absolute Gasteiger partial charge is 0.455 e. The topological polar surface area (TPSA) is 26.3 Å². The van der Waals surface area contributed by atoms with Gasteiger partial charge in [-0.2, -0.15) is 0 Å². The van der Waals surface area contributed by atoms with E-state index in [2.05, 4.69) is 194 Å². The van der Waals surface area contributed by atoms with Crippen molar-refractivity contribution in [1.29, 1.82) is 0 Å². The van der Waals surface area contributed by atoms with Gasteiger partial charge in [-0.3, -0.25) is 0 Å². The molecule has 0 bridgehead atoms. The molecule has 16 aromatic rings. The maximum Gasteiger partial charge on any atom is 0.143 e. The first-order valence-electron chi connectivity index (χ1n) is 22.2. The first-order valence-corrected chi connectivity index (χ1v) is 22.2. The van der Waals surface area contributed by atoms with E-state index in [0.29, 0.717) is 0 Å². The van der Waals surface area contributed by atoms with E-state index in [4.69, 9.17) is 8.83 Å². The van der Waals surface area contributed by atoms with Crippen molar-refractivity contribution in [2.24, 2.45) is 0 Å². The fraction of sp³-hybridized carbons (Fsp3) is 0. The van der Waals surface area contributed by atoms with Crippen molar-refractivity contribution in [3.8, 4) is 22.3 Å². The van der Waals surface area contributed by atoms with Gasteiger partial charge in [-0.05, 0) is 121 Å². The molecule has 2 heterocycles. The zero-order valence-electron chi connectivity index (χ0n) is 34.3. The molecule has 0 atom stereocenters. The van der Waals surface area contributed by atoms with Gasteiger partial charge in [0.05, 0.1) is 0 Å². The second kappa shape index (κ2) is 11.7. The highest BCUT2D eigenvalue weighted by molar-refractivity contribution is 6.47. The molecule has 16 rings (SSSR count). The van der Waals surface area contributed by atoms with Gasteiger partial charge in [-0.15, -0.1) is 0 Å². The minimum atomic E-state index is 0.893.